The van der Waals surface area contributed by atoms with Crippen LogP contribution in [0.1, 0.15) is 48.1 Å². The van der Waals surface area contributed by atoms with Crippen LogP contribution >= 0.6 is 0 Å². The number of nitrogens with zero attached hydrogens (tertiary/aromatic N) is 3. The molecule has 35 heavy (non-hydrogen) atoms. The average Bonchev–Trinajstić information content (AvgIpc) is 3.26. The van der Waals surface area contributed by atoms with Crippen molar-refractivity contribution in [3.63, 3.8) is 0 Å². The number of fused-ring (bicyclic) bond motifs is 1. The highest BCUT2D eigenvalue weighted by atomic mass is 19.4. The summed E-state index contributed by atoms with van der Waals surface area (Å²) < 4.78 is 42.8. The molecule has 0 radical (unpaired) electrons. The summed E-state index contributed by atoms with van der Waals surface area (Å²) in [5, 5.41) is 9.90. The summed E-state index contributed by atoms with van der Waals surface area (Å²) in [5.74, 6) is 1.82. The second-order valence-corrected chi connectivity index (χ2v) is 10.1. The Hall–Kier alpha value is -2.94. The standard InChI is InChI=1S/C26H32F3N5O/c1-15-10-17(11-16(2)18(15)7-9-31-14-26(27,28)29)22-33-24(35-34-22)21-13-32-23(30-5)20-12-25(3,4)8-6-19(20)21/h10-11,13,31H,6-9,12,14H2,1-5H3,(H,30,32). The van der Waals surface area contributed by atoms with Gasteiger partial charge in [0.2, 0.25) is 5.82 Å². The second kappa shape index (κ2) is 9.60. The van der Waals surface area contributed by atoms with E-state index in [1.54, 1.807) is 6.20 Å². The first kappa shape index (κ1) is 25.2. The van der Waals surface area contributed by atoms with E-state index in [-0.39, 0.29) is 12.0 Å². The number of aryl methyl sites for hydroxylation is 2. The first-order chi connectivity index (χ1) is 16.5. The van der Waals surface area contributed by atoms with Gasteiger partial charge in [-0.1, -0.05) is 19.0 Å². The van der Waals surface area contributed by atoms with Crippen LogP contribution in [0.25, 0.3) is 22.8 Å². The van der Waals surface area contributed by atoms with E-state index in [0.29, 0.717) is 18.1 Å². The highest BCUT2D eigenvalue weighted by Crippen LogP contribution is 2.41. The van der Waals surface area contributed by atoms with Crippen LogP contribution in [0.4, 0.5) is 19.0 Å². The SMILES string of the molecule is CNc1ncc(-c2nc(-c3cc(C)c(CCNCC(F)(F)F)c(C)c3)no2)c2c1CC(C)(C)CC2. The molecule has 2 N–H and O–H groups in total. The third-order valence-electron chi connectivity index (χ3n) is 6.73. The van der Waals surface area contributed by atoms with Gasteiger partial charge in [0, 0.05) is 18.8 Å². The van der Waals surface area contributed by atoms with Crippen molar-refractivity contribution in [1.82, 2.24) is 20.4 Å². The quantitative estimate of drug-likeness (QED) is 0.419. The first-order valence-corrected chi connectivity index (χ1v) is 11.9. The van der Waals surface area contributed by atoms with Gasteiger partial charge in [0.15, 0.2) is 0 Å². The van der Waals surface area contributed by atoms with E-state index in [2.05, 4.69) is 39.6 Å². The van der Waals surface area contributed by atoms with Crippen molar-refractivity contribution in [2.45, 2.75) is 59.6 Å². The Kier molecular flexibility index (Phi) is 6.90. The molecule has 0 bridgehead atoms. The largest absolute Gasteiger partial charge is 0.401 e. The fraction of sp³-hybridized carbons (Fsp3) is 0.500. The number of pyridine rings is 1. The van der Waals surface area contributed by atoms with Crippen molar-refractivity contribution in [3.8, 4) is 22.8 Å². The molecule has 1 aliphatic rings. The lowest BCUT2D eigenvalue weighted by Gasteiger charge is -2.32. The van der Waals surface area contributed by atoms with E-state index in [0.717, 1.165) is 52.9 Å². The minimum absolute atomic E-state index is 0.206. The molecule has 0 saturated heterocycles. The van der Waals surface area contributed by atoms with Gasteiger partial charge in [-0.15, -0.1) is 0 Å². The topological polar surface area (TPSA) is 75.9 Å². The van der Waals surface area contributed by atoms with Crippen LogP contribution in [0.15, 0.2) is 22.9 Å². The van der Waals surface area contributed by atoms with Gasteiger partial charge in [-0.05, 0) is 91.4 Å². The molecule has 2 aromatic heterocycles. The van der Waals surface area contributed by atoms with E-state index in [9.17, 15) is 13.2 Å². The number of nitrogens with one attached hydrogen (secondary N) is 2. The number of benzene rings is 1. The van der Waals surface area contributed by atoms with Crippen LogP contribution in [-0.2, 0) is 19.3 Å². The van der Waals surface area contributed by atoms with E-state index in [4.69, 9.17) is 4.52 Å². The van der Waals surface area contributed by atoms with Crippen molar-refractivity contribution in [1.29, 1.82) is 0 Å². The maximum atomic E-state index is 12.4. The lowest BCUT2D eigenvalue weighted by Crippen LogP contribution is -2.30. The molecule has 9 heteroatoms. The van der Waals surface area contributed by atoms with Gasteiger partial charge in [-0.3, -0.25) is 0 Å². The van der Waals surface area contributed by atoms with Gasteiger partial charge in [0.05, 0.1) is 12.1 Å². The van der Waals surface area contributed by atoms with Gasteiger partial charge in [0.1, 0.15) is 5.82 Å². The summed E-state index contributed by atoms with van der Waals surface area (Å²) in [7, 11) is 1.88. The van der Waals surface area contributed by atoms with Crippen LogP contribution in [0, 0.1) is 19.3 Å². The number of alkyl halides is 3. The molecule has 0 amide bonds. The zero-order chi connectivity index (χ0) is 25.4. The smallest absolute Gasteiger partial charge is 0.373 e. The molecule has 0 spiro atoms. The predicted octanol–water partition coefficient (Wildman–Crippen LogP) is 5.67. The zero-order valence-corrected chi connectivity index (χ0v) is 20.9. The second-order valence-electron chi connectivity index (χ2n) is 10.1. The Morgan fingerprint density at radius 3 is 2.49 bits per heavy atom. The Labute approximate surface area is 203 Å². The molecule has 0 atom stereocenters. The predicted molar refractivity (Wildman–Crippen MR) is 130 cm³/mol. The number of halogens is 3. The first-order valence-electron chi connectivity index (χ1n) is 11.9. The fourth-order valence-electron chi connectivity index (χ4n) is 4.91. The Bertz CT molecular complexity index is 1190. The molecule has 0 aliphatic heterocycles. The van der Waals surface area contributed by atoms with Crippen LogP contribution in [0.3, 0.4) is 0 Å². The van der Waals surface area contributed by atoms with Crippen molar-refractivity contribution in [2.24, 2.45) is 5.41 Å². The van der Waals surface area contributed by atoms with Gasteiger partial charge >= 0.3 is 6.18 Å². The molecule has 1 aliphatic carbocycles. The highest BCUT2D eigenvalue weighted by Gasteiger charge is 2.31. The summed E-state index contributed by atoms with van der Waals surface area (Å²) in [6, 6.07) is 3.92. The van der Waals surface area contributed by atoms with E-state index < -0.39 is 12.7 Å². The summed E-state index contributed by atoms with van der Waals surface area (Å²) in [6.07, 6.45) is 1.02. The maximum absolute atomic E-state index is 12.4. The zero-order valence-electron chi connectivity index (χ0n) is 20.9. The number of aromatic nitrogens is 3. The highest BCUT2D eigenvalue weighted by molar-refractivity contribution is 5.68. The van der Waals surface area contributed by atoms with Gasteiger partial charge < -0.3 is 15.2 Å². The third-order valence-corrected chi connectivity index (χ3v) is 6.73. The van der Waals surface area contributed by atoms with E-state index in [1.165, 1.54) is 11.1 Å². The van der Waals surface area contributed by atoms with Crippen molar-refractivity contribution in [3.05, 3.63) is 46.1 Å². The number of anilines is 1. The molecule has 4 rings (SSSR count). The Morgan fingerprint density at radius 1 is 1.11 bits per heavy atom. The molecule has 2 heterocycles. The molecule has 6 nitrogen and oxygen atoms in total. The lowest BCUT2D eigenvalue weighted by molar-refractivity contribution is -0.124. The van der Waals surface area contributed by atoms with Gasteiger partial charge in [-0.25, -0.2) is 4.98 Å². The third kappa shape index (κ3) is 5.66. The minimum atomic E-state index is -4.21. The molecule has 0 fully saturated rings. The van der Waals surface area contributed by atoms with Gasteiger partial charge in [0.25, 0.3) is 5.89 Å². The van der Waals surface area contributed by atoms with Crippen LogP contribution in [-0.4, -0.2) is 41.4 Å². The van der Waals surface area contributed by atoms with E-state index >= 15 is 0 Å². The van der Waals surface area contributed by atoms with Crippen LogP contribution < -0.4 is 10.6 Å². The molecule has 0 unspecified atom stereocenters. The molecule has 3 aromatic rings. The number of rotatable bonds is 7. The Morgan fingerprint density at radius 2 is 1.83 bits per heavy atom. The van der Waals surface area contributed by atoms with Crippen LogP contribution in [0.5, 0.6) is 0 Å². The summed E-state index contributed by atoms with van der Waals surface area (Å²) in [5.41, 5.74) is 7.29. The minimum Gasteiger partial charge on any atom is -0.373 e. The Balaban J connectivity index is 1.58. The molecule has 0 saturated carbocycles. The fourth-order valence-corrected chi connectivity index (χ4v) is 4.91. The summed E-state index contributed by atoms with van der Waals surface area (Å²) >= 11 is 0. The monoisotopic (exact) mass is 487 g/mol. The molecular weight excluding hydrogens is 455 g/mol. The normalized spacial score (nSPS) is 15.2. The summed E-state index contributed by atoms with van der Waals surface area (Å²) in [6.45, 7) is 7.72. The van der Waals surface area contributed by atoms with Crippen LogP contribution in [0.2, 0.25) is 0 Å². The molecule has 188 valence electrons. The average molecular weight is 488 g/mol. The maximum Gasteiger partial charge on any atom is 0.401 e. The molecular formula is C26H32F3N5O. The van der Waals surface area contributed by atoms with Gasteiger partial charge in [-0.2, -0.15) is 18.2 Å². The van der Waals surface area contributed by atoms with Crippen molar-refractivity contribution in [2.75, 3.05) is 25.5 Å². The molecule has 1 aromatic carbocycles. The number of hydrogen-bond acceptors (Lipinski definition) is 6. The summed E-state index contributed by atoms with van der Waals surface area (Å²) in [4.78, 5) is 9.30. The number of hydrogen-bond donors (Lipinski definition) is 2. The van der Waals surface area contributed by atoms with E-state index in [1.807, 2.05) is 33.0 Å². The van der Waals surface area contributed by atoms with Crippen molar-refractivity contribution >= 4 is 5.82 Å². The lowest BCUT2D eigenvalue weighted by atomic mass is 9.73. The van der Waals surface area contributed by atoms with Crippen molar-refractivity contribution < 1.29 is 17.7 Å².